The van der Waals surface area contributed by atoms with E-state index < -0.39 is 11.4 Å². The molecule has 50 heavy (non-hydrogen) atoms. The summed E-state index contributed by atoms with van der Waals surface area (Å²) in [7, 11) is 3.72. The third-order valence-corrected chi connectivity index (χ3v) is 15.7. The second-order valence-electron chi connectivity index (χ2n) is 19.3. The third kappa shape index (κ3) is 5.91. The molecule has 0 bridgehead atoms. The van der Waals surface area contributed by atoms with Crippen molar-refractivity contribution in [3.8, 4) is 0 Å². The predicted molar refractivity (Wildman–Crippen MR) is 196 cm³/mol. The molecule has 5 rings (SSSR count). The molecule has 0 aromatic rings. The summed E-state index contributed by atoms with van der Waals surface area (Å²) in [6, 6.07) is 0. The van der Waals surface area contributed by atoms with Gasteiger partial charge in [-0.05, 0) is 110 Å². The second kappa shape index (κ2) is 13.2. The van der Waals surface area contributed by atoms with Crippen molar-refractivity contribution in [2.75, 3.05) is 20.6 Å². The summed E-state index contributed by atoms with van der Waals surface area (Å²) in [5.41, 5.74) is 3.21. The zero-order valence-corrected chi connectivity index (χ0v) is 33.0. The number of hydrogen-bond acceptors (Lipinski definition) is 7. The van der Waals surface area contributed by atoms with Gasteiger partial charge < -0.3 is 19.6 Å². The lowest BCUT2D eigenvalue weighted by molar-refractivity contribution is -0.233. The number of aldehydes is 2. The highest BCUT2D eigenvalue weighted by molar-refractivity contribution is 5.75. The van der Waals surface area contributed by atoms with Crippen molar-refractivity contribution in [3.63, 3.8) is 0 Å². The van der Waals surface area contributed by atoms with Crippen molar-refractivity contribution in [2.45, 2.75) is 139 Å². The Morgan fingerprint density at radius 2 is 1.60 bits per heavy atom. The van der Waals surface area contributed by atoms with Crippen molar-refractivity contribution in [1.82, 2.24) is 10.0 Å². The standard InChI is InChI=1S/C42H66N2O6/c1-27(2)28-14-20-42(32(17-23-45)44(11)43(10)25-34(47)48)22-21-40(8)29(36(28)42)12-13-31-39(7)18-16-33(50-35(49)24-37(3,4)26-46)38(5,6)30(39)15-19-41(31,40)9/h17,23,26-27,29-31,33H,12-16,18-22,24-25H2,1-11H3,(H,47,48)/b32-17-/t29?,30?,31?,33?,39?,40-,41?,42?/m1/s1. The monoisotopic (exact) mass is 694 g/mol. The van der Waals surface area contributed by atoms with Crippen LogP contribution in [0.3, 0.4) is 0 Å². The normalized spacial score (nSPS) is 38.1. The molecule has 0 aliphatic heterocycles. The summed E-state index contributed by atoms with van der Waals surface area (Å²) in [4.78, 5) is 48.6. The molecule has 4 fully saturated rings. The van der Waals surface area contributed by atoms with Crippen LogP contribution < -0.4 is 0 Å². The summed E-state index contributed by atoms with van der Waals surface area (Å²) in [6.07, 6.45) is 13.8. The van der Waals surface area contributed by atoms with E-state index in [1.54, 1.807) is 43.1 Å². The van der Waals surface area contributed by atoms with Gasteiger partial charge in [0.2, 0.25) is 0 Å². The van der Waals surface area contributed by atoms with Crippen LogP contribution in [-0.4, -0.2) is 66.4 Å². The fraction of sp³-hybridized carbons (Fsp3) is 0.810. The number of esters is 1. The minimum atomic E-state index is -0.892. The molecule has 280 valence electrons. The molecule has 0 aromatic carbocycles. The lowest BCUT2D eigenvalue weighted by Gasteiger charge is -2.72. The molecule has 7 unspecified atom stereocenters. The number of fused-ring (bicyclic) bond motifs is 7. The number of hydrazine groups is 1. The van der Waals surface area contributed by atoms with Crippen LogP contribution in [0.4, 0.5) is 0 Å². The topological polar surface area (TPSA) is 104 Å². The highest BCUT2D eigenvalue weighted by Gasteiger charge is 2.70. The van der Waals surface area contributed by atoms with Gasteiger partial charge in [-0.15, -0.1) is 0 Å². The van der Waals surface area contributed by atoms with Crippen molar-refractivity contribution in [1.29, 1.82) is 0 Å². The number of carboxylic acid groups (broad SMARTS) is 1. The van der Waals surface area contributed by atoms with Gasteiger partial charge in [-0.2, -0.15) is 0 Å². The Morgan fingerprint density at radius 1 is 0.920 bits per heavy atom. The van der Waals surface area contributed by atoms with E-state index in [4.69, 9.17) is 4.74 Å². The zero-order chi connectivity index (χ0) is 37.2. The van der Waals surface area contributed by atoms with Crippen molar-refractivity contribution in [2.24, 2.45) is 56.2 Å². The number of nitrogens with zero attached hydrogens (tertiary/aromatic N) is 2. The van der Waals surface area contributed by atoms with Crippen LogP contribution >= 0.6 is 0 Å². The van der Waals surface area contributed by atoms with Crippen LogP contribution in [0.1, 0.15) is 133 Å². The van der Waals surface area contributed by atoms with Crippen molar-refractivity contribution in [3.05, 3.63) is 22.9 Å². The quantitative estimate of drug-likeness (QED) is 0.0758. The van der Waals surface area contributed by atoms with E-state index in [1.807, 2.05) is 12.1 Å². The highest BCUT2D eigenvalue weighted by Crippen LogP contribution is 2.77. The first-order chi connectivity index (χ1) is 23.1. The summed E-state index contributed by atoms with van der Waals surface area (Å²) in [5.74, 6) is 0.624. The zero-order valence-electron chi connectivity index (χ0n) is 33.0. The van der Waals surface area contributed by atoms with E-state index in [1.165, 1.54) is 0 Å². The Kier molecular flexibility index (Phi) is 10.2. The van der Waals surface area contributed by atoms with Crippen LogP contribution in [-0.2, 0) is 23.9 Å². The van der Waals surface area contributed by atoms with Crippen LogP contribution in [0.15, 0.2) is 22.9 Å². The van der Waals surface area contributed by atoms with Crippen LogP contribution in [0.2, 0.25) is 0 Å². The molecule has 8 nitrogen and oxygen atoms in total. The summed E-state index contributed by atoms with van der Waals surface area (Å²) in [5, 5.41) is 13.3. The number of carbonyl (C=O) groups is 4. The maximum absolute atomic E-state index is 13.1. The molecular weight excluding hydrogens is 628 g/mol. The first-order valence-electron chi connectivity index (χ1n) is 19.4. The Hall–Kier alpha value is -2.48. The van der Waals surface area contributed by atoms with Gasteiger partial charge in [-0.3, -0.25) is 14.4 Å². The number of carbonyl (C=O) groups excluding carboxylic acids is 3. The number of carboxylic acids is 1. The number of ether oxygens (including phenoxy) is 1. The molecule has 0 aromatic heterocycles. The SMILES string of the molecule is CC(C)C1=C2C3CCC4C5(C)CCC(OC(=O)CC(C)(C)C=O)C(C)(C)C5CCC4(C)[C@]3(C)CCC2(/C(=C/C=O)N(C)N(C)CC(=O)O)CC1. The molecule has 0 heterocycles. The van der Waals surface area contributed by atoms with Gasteiger partial charge >= 0.3 is 11.9 Å². The minimum absolute atomic E-state index is 0.0822. The number of rotatable bonds is 11. The smallest absolute Gasteiger partial charge is 0.319 e. The van der Waals surface area contributed by atoms with E-state index in [0.717, 1.165) is 82.5 Å². The first kappa shape index (κ1) is 38.7. The Bertz CT molecular complexity index is 1440. The highest BCUT2D eigenvalue weighted by atomic mass is 16.5. The van der Waals surface area contributed by atoms with Gasteiger partial charge in [0.1, 0.15) is 25.2 Å². The molecule has 5 aliphatic carbocycles. The van der Waals surface area contributed by atoms with Gasteiger partial charge in [0.25, 0.3) is 0 Å². The first-order valence-corrected chi connectivity index (χ1v) is 19.4. The van der Waals surface area contributed by atoms with Crippen LogP contribution in [0.25, 0.3) is 0 Å². The summed E-state index contributed by atoms with van der Waals surface area (Å²) < 4.78 is 6.22. The minimum Gasteiger partial charge on any atom is -0.480 e. The molecule has 8 atom stereocenters. The fourth-order valence-electron chi connectivity index (χ4n) is 13.0. The fourth-order valence-corrected chi connectivity index (χ4v) is 13.0. The van der Waals surface area contributed by atoms with Crippen LogP contribution in [0, 0.1) is 56.2 Å². The molecule has 0 saturated heterocycles. The average Bonchev–Trinajstić information content (AvgIpc) is 3.41. The van der Waals surface area contributed by atoms with Crippen molar-refractivity contribution < 1.29 is 29.0 Å². The lowest BCUT2D eigenvalue weighted by Crippen LogP contribution is -2.66. The van der Waals surface area contributed by atoms with Gasteiger partial charge in [-0.25, -0.2) is 5.01 Å². The molecule has 1 N–H and O–H groups in total. The average molecular weight is 695 g/mol. The molecule has 4 saturated carbocycles. The summed E-state index contributed by atoms with van der Waals surface area (Å²) in [6.45, 7) is 20.5. The lowest BCUT2D eigenvalue weighted by atomic mass is 9.33. The number of likely N-dealkylation sites (N-methyl/N-ethyl adjacent to an activating group) is 1. The van der Waals surface area contributed by atoms with Gasteiger partial charge in [0.15, 0.2) is 0 Å². The molecular formula is C42H66N2O6. The maximum Gasteiger partial charge on any atom is 0.319 e. The van der Waals surface area contributed by atoms with E-state index >= 15 is 0 Å². The Morgan fingerprint density at radius 3 is 2.20 bits per heavy atom. The Balaban J connectivity index is 1.49. The van der Waals surface area contributed by atoms with Gasteiger partial charge in [-0.1, -0.05) is 73.5 Å². The summed E-state index contributed by atoms with van der Waals surface area (Å²) >= 11 is 0. The third-order valence-electron chi connectivity index (χ3n) is 15.7. The van der Waals surface area contributed by atoms with Crippen molar-refractivity contribution >= 4 is 24.5 Å². The molecule has 8 heteroatoms. The van der Waals surface area contributed by atoms with E-state index in [2.05, 4.69) is 48.5 Å². The molecule has 0 amide bonds. The largest absolute Gasteiger partial charge is 0.480 e. The van der Waals surface area contributed by atoms with Crippen LogP contribution in [0.5, 0.6) is 0 Å². The van der Waals surface area contributed by atoms with E-state index in [0.29, 0.717) is 23.7 Å². The number of aliphatic carboxylic acids is 1. The Labute approximate surface area is 301 Å². The number of allylic oxidation sites excluding steroid dienone is 3. The molecule has 5 aliphatic rings. The van der Waals surface area contributed by atoms with E-state index in [-0.39, 0.29) is 52.1 Å². The second-order valence-corrected chi connectivity index (χ2v) is 19.3. The molecule has 0 spiro atoms. The predicted octanol–water partition coefficient (Wildman–Crippen LogP) is 8.26. The maximum atomic E-state index is 13.1. The molecule has 0 radical (unpaired) electrons. The number of hydrogen-bond donors (Lipinski definition) is 1. The van der Waals surface area contributed by atoms with Gasteiger partial charge in [0, 0.05) is 36.0 Å². The van der Waals surface area contributed by atoms with E-state index in [9.17, 15) is 24.3 Å². The van der Waals surface area contributed by atoms with Gasteiger partial charge in [0.05, 0.1) is 6.42 Å².